The first-order valence-corrected chi connectivity index (χ1v) is 22.4. The van der Waals surface area contributed by atoms with Crippen LogP contribution >= 0.6 is 11.3 Å². The monoisotopic (exact) mass is 794 g/mol. The third-order valence-corrected chi connectivity index (χ3v) is 15.7. The maximum absolute atomic E-state index is 2.50. The van der Waals surface area contributed by atoms with Crippen LogP contribution in [0.1, 0.15) is 49.9 Å². The molecule has 13 rings (SSSR count). The fraction of sp³-hybridized carbons (Fsp3) is 0.100. The van der Waals surface area contributed by atoms with Gasteiger partial charge in [0.15, 0.2) is 0 Å². The van der Waals surface area contributed by atoms with Crippen molar-refractivity contribution in [1.82, 2.24) is 0 Å². The van der Waals surface area contributed by atoms with E-state index >= 15 is 0 Å². The third-order valence-electron chi connectivity index (χ3n) is 14.5. The molecular formula is C60H42S. The molecule has 0 saturated carbocycles. The molecule has 11 aromatic rings. The van der Waals surface area contributed by atoms with Crippen molar-refractivity contribution in [3.8, 4) is 55.6 Å². The molecule has 0 N–H and O–H groups in total. The first-order valence-electron chi connectivity index (χ1n) is 21.6. The predicted octanol–water partition coefficient (Wildman–Crippen LogP) is 17.1. The summed E-state index contributed by atoms with van der Waals surface area (Å²) in [6, 6.07) is 68.9. The van der Waals surface area contributed by atoms with Gasteiger partial charge in [-0.25, -0.2) is 0 Å². The van der Waals surface area contributed by atoms with E-state index in [1.165, 1.54) is 130 Å². The van der Waals surface area contributed by atoms with Gasteiger partial charge in [0.25, 0.3) is 0 Å². The zero-order valence-electron chi connectivity index (χ0n) is 34.7. The Balaban J connectivity index is 0.939. The van der Waals surface area contributed by atoms with Crippen LogP contribution in [0.3, 0.4) is 0 Å². The minimum Gasteiger partial charge on any atom is -0.135 e. The van der Waals surface area contributed by atoms with Gasteiger partial charge in [-0.2, -0.15) is 0 Å². The molecule has 61 heavy (non-hydrogen) atoms. The SMILES string of the molecule is CC1(C)c2ccc(-c3ccc4c(c3)C(C)(C)c3ccc5sc6c7ccccc7ccc6c5c3-4)cc2-c2ccc(-c3c4ccccc4c(-c4ccccc4)c4ccccc34)cc21. The molecule has 0 bridgehead atoms. The summed E-state index contributed by atoms with van der Waals surface area (Å²) in [6.45, 7) is 9.64. The second-order valence-corrected chi connectivity index (χ2v) is 19.4. The second-order valence-electron chi connectivity index (χ2n) is 18.4. The molecule has 0 saturated heterocycles. The molecule has 288 valence electrons. The Kier molecular flexibility index (Phi) is 7.11. The molecule has 0 nitrogen and oxygen atoms in total. The van der Waals surface area contributed by atoms with E-state index in [9.17, 15) is 0 Å². The van der Waals surface area contributed by atoms with Gasteiger partial charge in [-0.1, -0.05) is 185 Å². The predicted molar refractivity (Wildman–Crippen MR) is 263 cm³/mol. The van der Waals surface area contributed by atoms with Gasteiger partial charge < -0.3 is 0 Å². The zero-order valence-corrected chi connectivity index (χ0v) is 35.5. The minimum atomic E-state index is -0.142. The van der Waals surface area contributed by atoms with E-state index in [0.29, 0.717) is 0 Å². The fourth-order valence-corrected chi connectivity index (χ4v) is 12.7. The average molecular weight is 795 g/mol. The molecule has 0 atom stereocenters. The summed E-state index contributed by atoms with van der Waals surface area (Å²) in [5.74, 6) is 0. The minimum absolute atomic E-state index is 0.116. The van der Waals surface area contributed by atoms with E-state index in [1.807, 2.05) is 11.3 Å². The van der Waals surface area contributed by atoms with Crippen LogP contribution in [-0.4, -0.2) is 0 Å². The van der Waals surface area contributed by atoms with Gasteiger partial charge in [0.05, 0.1) is 0 Å². The van der Waals surface area contributed by atoms with Crippen molar-refractivity contribution < 1.29 is 0 Å². The highest BCUT2D eigenvalue weighted by Gasteiger charge is 2.39. The largest absolute Gasteiger partial charge is 0.135 e. The van der Waals surface area contributed by atoms with Crippen molar-refractivity contribution in [2.75, 3.05) is 0 Å². The molecule has 1 heterocycles. The topological polar surface area (TPSA) is 0 Å². The molecule has 2 aliphatic carbocycles. The molecule has 1 heteroatoms. The summed E-state index contributed by atoms with van der Waals surface area (Å²) in [5, 5.41) is 10.6. The smallest absolute Gasteiger partial charge is 0.0434 e. The lowest BCUT2D eigenvalue weighted by Crippen LogP contribution is -2.15. The van der Waals surface area contributed by atoms with Gasteiger partial charge in [-0.05, 0) is 134 Å². The highest BCUT2D eigenvalue weighted by Crippen LogP contribution is 2.56. The van der Waals surface area contributed by atoms with Crippen LogP contribution in [-0.2, 0) is 10.8 Å². The van der Waals surface area contributed by atoms with Gasteiger partial charge in [0.2, 0.25) is 0 Å². The van der Waals surface area contributed by atoms with Crippen LogP contribution in [0.4, 0.5) is 0 Å². The van der Waals surface area contributed by atoms with Crippen molar-refractivity contribution >= 4 is 63.8 Å². The molecule has 0 radical (unpaired) electrons. The van der Waals surface area contributed by atoms with Gasteiger partial charge in [0.1, 0.15) is 0 Å². The van der Waals surface area contributed by atoms with Gasteiger partial charge in [-0.3, -0.25) is 0 Å². The summed E-state index contributed by atoms with van der Waals surface area (Å²) in [6.07, 6.45) is 0. The Morgan fingerprint density at radius 3 is 1.61 bits per heavy atom. The van der Waals surface area contributed by atoms with Crippen molar-refractivity contribution in [2.45, 2.75) is 38.5 Å². The van der Waals surface area contributed by atoms with Crippen molar-refractivity contribution in [1.29, 1.82) is 0 Å². The van der Waals surface area contributed by atoms with Crippen molar-refractivity contribution in [3.05, 3.63) is 204 Å². The van der Waals surface area contributed by atoms with E-state index in [0.717, 1.165) is 0 Å². The molecule has 10 aromatic carbocycles. The summed E-state index contributed by atoms with van der Waals surface area (Å²) in [5.41, 5.74) is 18.5. The van der Waals surface area contributed by atoms with Gasteiger partial charge >= 0.3 is 0 Å². The molecule has 1 aromatic heterocycles. The highest BCUT2D eigenvalue weighted by molar-refractivity contribution is 7.26. The van der Waals surface area contributed by atoms with Crippen LogP contribution in [0.25, 0.3) is 108 Å². The Labute approximate surface area is 360 Å². The van der Waals surface area contributed by atoms with Crippen molar-refractivity contribution in [2.24, 2.45) is 0 Å². The lowest BCUT2D eigenvalue weighted by molar-refractivity contribution is 0.660. The van der Waals surface area contributed by atoms with Gasteiger partial charge in [0, 0.05) is 31.0 Å². The average Bonchev–Trinajstić information content (AvgIpc) is 3.87. The number of benzene rings is 10. The quantitative estimate of drug-likeness (QED) is 0.156. The fourth-order valence-electron chi connectivity index (χ4n) is 11.4. The molecule has 0 aliphatic heterocycles. The number of hydrogen-bond acceptors (Lipinski definition) is 1. The summed E-state index contributed by atoms with van der Waals surface area (Å²) in [7, 11) is 0. The standard InChI is InChI=1S/C60H42S/c1-59(2)49-29-25-37(38-23-27-46-52(33-38)60(3,4)50-30-31-53-57(56(46)50)47-28-22-35-14-8-9-17-40(35)58(47)61-53)32-48(49)41-26-24-39(34-51(41)59)55-44-20-12-10-18-42(44)54(36-15-6-5-7-16-36)43-19-11-13-21-45(43)55/h5-34H,1-4H3. The summed E-state index contributed by atoms with van der Waals surface area (Å²) in [4.78, 5) is 0. The number of fused-ring (bicyclic) bond motifs is 14. The second kappa shape index (κ2) is 12.4. The van der Waals surface area contributed by atoms with Crippen LogP contribution in [0, 0.1) is 0 Å². The van der Waals surface area contributed by atoms with Crippen LogP contribution in [0.2, 0.25) is 0 Å². The molecular weight excluding hydrogens is 753 g/mol. The van der Waals surface area contributed by atoms with E-state index in [1.54, 1.807) is 0 Å². The first kappa shape index (κ1) is 35.0. The first-order chi connectivity index (χ1) is 29.8. The van der Waals surface area contributed by atoms with E-state index in [-0.39, 0.29) is 10.8 Å². The van der Waals surface area contributed by atoms with Gasteiger partial charge in [-0.15, -0.1) is 11.3 Å². The maximum atomic E-state index is 2.50. The Morgan fingerprint density at radius 1 is 0.328 bits per heavy atom. The van der Waals surface area contributed by atoms with Crippen molar-refractivity contribution in [3.63, 3.8) is 0 Å². The molecule has 0 amide bonds. The molecule has 0 spiro atoms. The third kappa shape index (κ3) is 4.76. The maximum Gasteiger partial charge on any atom is 0.0434 e. The number of hydrogen-bond donors (Lipinski definition) is 0. The zero-order chi connectivity index (χ0) is 40.8. The molecule has 0 unspecified atom stereocenters. The number of thiophene rings is 1. The summed E-state index contributed by atoms with van der Waals surface area (Å²) < 4.78 is 2.76. The highest BCUT2D eigenvalue weighted by atomic mass is 32.1. The number of rotatable bonds is 3. The van der Waals surface area contributed by atoms with E-state index in [4.69, 9.17) is 0 Å². The van der Waals surface area contributed by atoms with E-state index in [2.05, 4.69) is 210 Å². The lowest BCUT2D eigenvalue weighted by atomic mass is 9.80. The van der Waals surface area contributed by atoms with E-state index < -0.39 is 0 Å². The van der Waals surface area contributed by atoms with Crippen LogP contribution in [0.5, 0.6) is 0 Å². The van der Waals surface area contributed by atoms with Crippen LogP contribution in [0.15, 0.2) is 182 Å². The summed E-state index contributed by atoms with van der Waals surface area (Å²) >= 11 is 1.94. The Morgan fingerprint density at radius 2 is 0.869 bits per heavy atom. The Hall–Kier alpha value is -6.80. The lowest BCUT2D eigenvalue weighted by Gasteiger charge is -2.23. The molecule has 2 aliphatic rings. The Bertz CT molecular complexity index is 3630. The normalized spacial score (nSPS) is 14.5. The van der Waals surface area contributed by atoms with Crippen LogP contribution < -0.4 is 0 Å². The molecule has 0 fully saturated rings.